The highest BCUT2D eigenvalue weighted by atomic mass is 35.5. The summed E-state index contributed by atoms with van der Waals surface area (Å²) in [5.41, 5.74) is 3.63. The van der Waals surface area contributed by atoms with E-state index in [1.807, 2.05) is 39.8 Å². The minimum Gasteiger partial charge on any atom is -0.456 e. The number of carbonyl (C=O) groups is 4. The fourth-order valence-electron chi connectivity index (χ4n) is 5.75. The summed E-state index contributed by atoms with van der Waals surface area (Å²) in [7, 11) is 0. The number of rotatable bonds is 8. The van der Waals surface area contributed by atoms with Crippen LogP contribution in [0.5, 0.6) is 0 Å². The van der Waals surface area contributed by atoms with E-state index in [9.17, 15) is 19.2 Å². The predicted octanol–water partition coefficient (Wildman–Crippen LogP) is 5.64. The summed E-state index contributed by atoms with van der Waals surface area (Å²) in [5, 5.41) is 13.3. The molecule has 13 heteroatoms. The van der Waals surface area contributed by atoms with Gasteiger partial charge >= 0.3 is 5.97 Å². The molecule has 5 aromatic rings. The molecule has 3 N–H and O–H groups in total. The molecule has 49 heavy (non-hydrogen) atoms. The van der Waals surface area contributed by atoms with Crippen LogP contribution in [0.15, 0.2) is 73.2 Å². The molecule has 3 amide bonds. The molecule has 3 heterocycles. The van der Waals surface area contributed by atoms with E-state index < -0.39 is 29.3 Å². The lowest BCUT2D eigenvalue weighted by Gasteiger charge is -2.21. The number of carbonyl (C=O) groups excluding carboxylic acids is 4. The van der Waals surface area contributed by atoms with Crippen molar-refractivity contribution in [2.75, 3.05) is 5.32 Å². The monoisotopic (exact) mass is 679 g/mol. The van der Waals surface area contributed by atoms with Crippen molar-refractivity contribution in [3.8, 4) is 0 Å². The number of esters is 1. The molecule has 0 saturated heterocycles. The minimum atomic E-state index is -0.634. The second-order valence-corrected chi connectivity index (χ2v) is 13.1. The predicted molar refractivity (Wildman–Crippen MR) is 183 cm³/mol. The third-order valence-corrected chi connectivity index (χ3v) is 8.43. The van der Waals surface area contributed by atoms with Crippen molar-refractivity contribution < 1.29 is 23.9 Å². The summed E-state index contributed by atoms with van der Waals surface area (Å²) in [6, 6.07) is 14.8. The maximum absolute atomic E-state index is 14.0. The largest absolute Gasteiger partial charge is 0.456 e. The molecule has 0 aliphatic heterocycles. The van der Waals surface area contributed by atoms with Crippen LogP contribution >= 0.6 is 11.6 Å². The van der Waals surface area contributed by atoms with Crippen molar-refractivity contribution in [1.29, 1.82) is 0 Å². The zero-order chi connectivity index (χ0) is 34.9. The van der Waals surface area contributed by atoms with Crippen molar-refractivity contribution in [3.05, 3.63) is 123 Å². The first-order valence-electron chi connectivity index (χ1n) is 15.7. The second kappa shape index (κ2) is 13.5. The Balaban J connectivity index is 1.32. The van der Waals surface area contributed by atoms with E-state index >= 15 is 0 Å². The average Bonchev–Trinajstić information content (AvgIpc) is 3.69. The van der Waals surface area contributed by atoms with Gasteiger partial charge in [0.15, 0.2) is 5.65 Å². The summed E-state index contributed by atoms with van der Waals surface area (Å²) in [6.07, 6.45) is 5.78. The van der Waals surface area contributed by atoms with E-state index in [0.29, 0.717) is 29.1 Å². The lowest BCUT2D eigenvalue weighted by atomic mass is 9.97. The van der Waals surface area contributed by atoms with Crippen LogP contribution < -0.4 is 16.0 Å². The van der Waals surface area contributed by atoms with Gasteiger partial charge in [0, 0.05) is 25.0 Å². The van der Waals surface area contributed by atoms with Crippen LogP contribution in [0.25, 0.3) is 5.65 Å². The molecule has 0 saturated carbocycles. The van der Waals surface area contributed by atoms with Crippen LogP contribution in [0.4, 0.5) is 5.69 Å². The Kier molecular flexibility index (Phi) is 9.16. The third-order valence-electron chi connectivity index (χ3n) is 8.10. The normalized spacial score (nSPS) is 13.9. The Labute approximate surface area is 287 Å². The first kappa shape index (κ1) is 33.3. The zero-order valence-corrected chi connectivity index (χ0v) is 28.1. The molecule has 1 atom stereocenters. The number of nitrogens with zero attached hydrogens (tertiary/aromatic N) is 4. The molecule has 1 aliphatic rings. The van der Waals surface area contributed by atoms with Gasteiger partial charge in [-0.05, 0) is 87.1 Å². The highest BCUT2D eigenvalue weighted by Gasteiger charge is 2.30. The summed E-state index contributed by atoms with van der Waals surface area (Å²) in [4.78, 5) is 62.2. The summed E-state index contributed by atoms with van der Waals surface area (Å²) >= 11 is 6.26. The van der Waals surface area contributed by atoms with Gasteiger partial charge in [-0.3, -0.25) is 19.4 Å². The number of pyridine rings is 1. The highest BCUT2D eigenvalue weighted by molar-refractivity contribution is 6.34. The molecule has 0 radical (unpaired) electrons. The van der Waals surface area contributed by atoms with Crippen molar-refractivity contribution in [2.24, 2.45) is 0 Å². The van der Waals surface area contributed by atoms with Gasteiger partial charge < -0.3 is 20.7 Å². The standard InChI is InChI=1S/C36H34ClN7O5/c1-20-22-13-14-27(24(22)12-11-23(20)35(48)49-36(2,3)4)42-34(47)30-16-29(33(46)39-18-21-8-7-15-38-17-21)41-31-25(19-40-44(30)31)32(45)43-28-10-6-5-9-26(28)37/h5-12,15-17,19,27H,13-14,18H2,1-4H3,(H,39,46)(H,42,47)(H,43,45)/t27-/m0/s1. The quantitative estimate of drug-likeness (QED) is 0.178. The Bertz CT molecular complexity index is 2110. The topological polar surface area (TPSA) is 157 Å². The van der Waals surface area contributed by atoms with Crippen LogP contribution in [0.1, 0.15) is 97.2 Å². The molecule has 3 aromatic heterocycles. The second-order valence-electron chi connectivity index (χ2n) is 12.7. The van der Waals surface area contributed by atoms with Crippen LogP contribution in [-0.2, 0) is 17.7 Å². The van der Waals surface area contributed by atoms with Crippen LogP contribution in [-0.4, -0.2) is 48.9 Å². The molecule has 12 nitrogen and oxygen atoms in total. The van der Waals surface area contributed by atoms with Gasteiger partial charge in [0.05, 0.1) is 28.5 Å². The van der Waals surface area contributed by atoms with E-state index in [0.717, 1.165) is 22.3 Å². The number of hydrogen-bond acceptors (Lipinski definition) is 8. The molecule has 250 valence electrons. The number of hydrogen-bond donors (Lipinski definition) is 3. The van der Waals surface area contributed by atoms with Gasteiger partial charge in [0.2, 0.25) is 0 Å². The molecule has 0 spiro atoms. The van der Waals surface area contributed by atoms with Gasteiger partial charge in [-0.15, -0.1) is 0 Å². The maximum Gasteiger partial charge on any atom is 0.338 e. The molecule has 0 fully saturated rings. The van der Waals surface area contributed by atoms with Gasteiger partial charge in [-0.25, -0.2) is 14.3 Å². The molecule has 0 unspecified atom stereocenters. The fraction of sp³-hybridized carbons (Fsp3) is 0.250. The molecule has 0 bridgehead atoms. The van der Waals surface area contributed by atoms with Gasteiger partial charge in [0.25, 0.3) is 17.7 Å². The first-order valence-corrected chi connectivity index (χ1v) is 16.1. The van der Waals surface area contributed by atoms with Crippen molar-refractivity contribution in [1.82, 2.24) is 30.2 Å². The Morgan fingerprint density at radius 1 is 0.980 bits per heavy atom. The number of fused-ring (bicyclic) bond motifs is 2. The van der Waals surface area contributed by atoms with Crippen molar-refractivity contribution in [2.45, 2.75) is 58.7 Å². The van der Waals surface area contributed by atoms with E-state index in [2.05, 4.69) is 31.0 Å². The number of ether oxygens (including phenoxy) is 1. The van der Waals surface area contributed by atoms with Crippen molar-refractivity contribution >= 4 is 46.6 Å². The Morgan fingerprint density at radius 3 is 2.51 bits per heavy atom. The third kappa shape index (κ3) is 7.14. The lowest BCUT2D eigenvalue weighted by Crippen LogP contribution is -2.31. The number of nitrogens with one attached hydrogen (secondary N) is 3. The van der Waals surface area contributed by atoms with E-state index in [1.165, 1.54) is 16.8 Å². The smallest absolute Gasteiger partial charge is 0.338 e. The fourth-order valence-corrected chi connectivity index (χ4v) is 5.93. The summed E-state index contributed by atoms with van der Waals surface area (Å²) in [6.45, 7) is 7.50. The highest BCUT2D eigenvalue weighted by Crippen LogP contribution is 2.35. The summed E-state index contributed by atoms with van der Waals surface area (Å²) < 4.78 is 6.83. The van der Waals surface area contributed by atoms with Gasteiger partial charge in [-0.2, -0.15) is 5.10 Å². The molecule has 2 aromatic carbocycles. The molecular formula is C36H34ClN7O5. The number of para-hydroxylation sites is 1. The number of amides is 3. The first-order chi connectivity index (χ1) is 23.4. The van der Waals surface area contributed by atoms with E-state index in [4.69, 9.17) is 16.3 Å². The number of halogens is 1. The number of anilines is 1. The van der Waals surface area contributed by atoms with E-state index in [-0.39, 0.29) is 35.2 Å². The number of benzene rings is 2. The summed E-state index contributed by atoms with van der Waals surface area (Å²) in [5.74, 6) is -2.06. The van der Waals surface area contributed by atoms with Crippen LogP contribution in [0.2, 0.25) is 5.02 Å². The van der Waals surface area contributed by atoms with E-state index in [1.54, 1.807) is 48.8 Å². The average molecular weight is 680 g/mol. The van der Waals surface area contributed by atoms with Crippen LogP contribution in [0.3, 0.4) is 0 Å². The van der Waals surface area contributed by atoms with Gasteiger partial charge in [-0.1, -0.05) is 35.9 Å². The number of aromatic nitrogens is 4. The lowest BCUT2D eigenvalue weighted by molar-refractivity contribution is 0.00682. The SMILES string of the molecule is Cc1c(C(=O)OC(C)(C)C)ccc2c1CC[C@@H]2NC(=O)c1cc(C(=O)NCc2cccnc2)nc2c(C(=O)Nc3ccccc3Cl)cnn12. The Morgan fingerprint density at radius 2 is 1.78 bits per heavy atom. The zero-order valence-electron chi connectivity index (χ0n) is 27.3. The molecule has 6 rings (SSSR count). The molecular weight excluding hydrogens is 646 g/mol. The Hall–Kier alpha value is -5.62. The van der Waals surface area contributed by atoms with Gasteiger partial charge in [0.1, 0.15) is 22.6 Å². The maximum atomic E-state index is 14.0. The minimum absolute atomic E-state index is 0.00358. The van der Waals surface area contributed by atoms with Crippen molar-refractivity contribution in [3.63, 3.8) is 0 Å². The van der Waals surface area contributed by atoms with Crippen LogP contribution in [0, 0.1) is 6.92 Å². The molecule has 1 aliphatic carbocycles.